The SMILES string of the molecule is CN=C(NCCNC(=O)c1ccc(C)c(F)c1)NC1CCN(c2cccs2)CC1. The largest absolute Gasteiger partial charge is 0.363 e. The third kappa shape index (κ3) is 5.93. The van der Waals surface area contributed by atoms with Crippen molar-refractivity contribution in [2.75, 3.05) is 38.1 Å². The number of rotatable bonds is 6. The lowest BCUT2D eigenvalue weighted by Crippen LogP contribution is -2.49. The van der Waals surface area contributed by atoms with Crippen LogP contribution >= 0.6 is 11.3 Å². The molecule has 1 aromatic carbocycles. The molecule has 0 atom stereocenters. The van der Waals surface area contributed by atoms with Crippen molar-refractivity contribution in [3.63, 3.8) is 0 Å². The summed E-state index contributed by atoms with van der Waals surface area (Å²) in [6.07, 6.45) is 2.10. The Morgan fingerprint density at radius 1 is 1.24 bits per heavy atom. The number of halogens is 1. The van der Waals surface area contributed by atoms with Gasteiger partial charge in [-0.3, -0.25) is 9.79 Å². The molecule has 0 radical (unpaired) electrons. The Hall–Kier alpha value is -2.61. The highest BCUT2D eigenvalue weighted by Gasteiger charge is 2.20. The van der Waals surface area contributed by atoms with E-state index in [4.69, 9.17) is 0 Å². The number of aliphatic imine (C=N–C) groups is 1. The number of hydrogen-bond donors (Lipinski definition) is 3. The monoisotopic (exact) mass is 417 g/mol. The summed E-state index contributed by atoms with van der Waals surface area (Å²) < 4.78 is 13.6. The van der Waals surface area contributed by atoms with E-state index in [9.17, 15) is 9.18 Å². The van der Waals surface area contributed by atoms with E-state index in [1.165, 1.54) is 11.1 Å². The molecule has 6 nitrogen and oxygen atoms in total. The summed E-state index contributed by atoms with van der Waals surface area (Å²) in [7, 11) is 1.74. The van der Waals surface area contributed by atoms with Gasteiger partial charge in [-0.25, -0.2) is 4.39 Å². The van der Waals surface area contributed by atoms with Gasteiger partial charge in [-0.2, -0.15) is 0 Å². The highest BCUT2D eigenvalue weighted by atomic mass is 32.1. The van der Waals surface area contributed by atoms with Crippen molar-refractivity contribution in [1.29, 1.82) is 0 Å². The Morgan fingerprint density at radius 2 is 2.00 bits per heavy atom. The standard InChI is InChI=1S/C21H28FN5OS/c1-15-5-6-16(14-18(15)22)20(28)24-9-10-25-21(23-2)26-17-7-11-27(12-8-17)19-4-3-13-29-19/h3-6,13-14,17H,7-12H2,1-2H3,(H,24,28)(H2,23,25,26). The van der Waals surface area contributed by atoms with Crippen molar-refractivity contribution in [3.8, 4) is 0 Å². The molecule has 0 saturated carbocycles. The van der Waals surface area contributed by atoms with Gasteiger partial charge in [-0.15, -0.1) is 11.3 Å². The first-order valence-corrected chi connectivity index (χ1v) is 10.7. The number of carbonyl (C=O) groups excluding carboxylic acids is 1. The second-order valence-corrected chi connectivity index (χ2v) is 8.00. The van der Waals surface area contributed by atoms with Crippen LogP contribution in [0.1, 0.15) is 28.8 Å². The average Bonchev–Trinajstić information content (AvgIpc) is 3.27. The summed E-state index contributed by atoms with van der Waals surface area (Å²) in [5.41, 5.74) is 0.854. The van der Waals surface area contributed by atoms with Gasteiger partial charge in [0.05, 0.1) is 5.00 Å². The quantitative estimate of drug-likeness (QED) is 0.384. The predicted molar refractivity (Wildman–Crippen MR) is 118 cm³/mol. The van der Waals surface area contributed by atoms with Gasteiger partial charge in [-0.1, -0.05) is 6.07 Å². The van der Waals surface area contributed by atoms with Crippen LogP contribution in [0.5, 0.6) is 0 Å². The van der Waals surface area contributed by atoms with Crippen molar-refractivity contribution in [2.45, 2.75) is 25.8 Å². The zero-order valence-corrected chi connectivity index (χ0v) is 17.7. The molecular formula is C21H28FN5OS. The molecule has 8 heteroatoms. The number of aryl methyl sites for hydroxylation is 1. The molecule has 0 spiro atoms. The van der Waals surface area contributed by atoms with E-state index in [1.807, 2.05) is 0 Å². The van der Waals surface area contributed by atoms with Crippen LogP contribution < -0.4 is 20.9 Å². The van der Waals surface area contributed by atoms with E-state index in [0.717, 1.165) is 31.9 Å². The van der Waals surface area contributed by atoms with Gasteiger partial charge in [0.1, 0.15) is 5.82 Å². The number of nitrogens with one attached hydrogen (secondary N) is 3. The molecule has 0 unspecified atom stereocenters. The Morgan fingerprint density at radius 3 is 2.66 bits per heavy atom. The number of hydrogen-bond acceptors (Lipinski definition) is 4. The molecular weight excluding hydrogens is 389 g/mol. The van der Waals surface area contributed by atoms with Gasteiger partial charge in [0.25, 0.3) is 5.91 Å². The number of piperidine rings is 1. The average molecular weight is 418 g/mol. The molecule has 2 aromatic rings. The molecule has 0 aliphatic carbocycles. The molecule has 1 saturated heterocycles. The molecule has 1 aromatic heterocycles. The van der Waals surface area contributed by atoms with Crippen LogP contribution in [0.2, 0.25) is 0 Å². The number of benzene rings is 1. The Balaban J connectivity index is 1.36. The topological polar surface area (TPSA) is 68.8 Å². The number of amides is 1. The molecule has 0 bridgehead atoms. The number of guanidine groups is 1. The second-order valence-electron chi connectivity index (χ2n) is 7.08. The Labute approximate surface area is 175 Å². The Bertz CT molecular complexity index is 832. The molecule has 3 rings (SSSR count). The van der Waals surface area contributed by atoms with E-state index in [1.54, 1.807) is 37.4 Å². The second kappa shape index (κ2) is 10.2. The van der Waals surface area contributed by atoms with E-state index < -0.39 is 0 Å². The molecule has 156 valence electrons. The molecule has 2 heterocycles. The van der Waals surface area contributed by atoms with Crippen LogP contribution in [0, 0.1) is 12.7 Å². The van der Waals surface area contributed by atoms with Crippen molar-refractivity contribution in [3.05, 3.63) is 52.7 Å². The van der Waals surface area contributed by atoms with Gasteiger partial charge in [-0.05, 0) is 55.0 Å². The van der Waals surface area contributed by atoms with E-state index in [2.05, 4.69) is 43.4 Å². The summed E-state index contributed by atoms with van der Waals surface area (Å²) in [5.74, 6) is 0.0790. The maximum atomic E-state index is 13.6. The predicted octanol–water partition coefficient (Wildman–Crippen LogP) is 2.76. The first kappa shape index (κ1) is 21.1. The zero-order valence-electron chi connectivity index (χ0n) is 16.9. The maximum absolute atomic E-state index is 13.6. The van der Waals surface area contributed by atoms with E-state index in [-0.39, 0.29) is 11.7 Å². The van der Waals surface area contributed by atoms with Crippen LogP contribution in [0.15, 0.2) is 40.7 Å². The highest BCUT2D eigenvalue weighted by molar-refractivity contribution is 7.14. The molecule has 29 heavy (non-hydrogen) atoms. The van der Waals surface area contributed by atoms with Crippen molar-refractivity contribution in [1.82, 2.24) is 16.0 Å². The fourth-order valence-corrected chi connectivity index (χ4v) is 4.06. The van der Waals surface area contributed by atoms with Crippen molar-refractivity contribution in [2.24, 2.45) is 4.99 Å². The lowest BCUT2D eigenvalue weighted by atomic mass is 10.1. The first-order chi connectivity index (χ1) is 14.1. The fraction of sp³-hybridized carbons (Fsp3) is 0.429. The smallest absolute Gasteiger partial charge is 0.251 e. The van der Waals surface area contributed by atoms with Crippen LogP contribution in [0.4, 0.5) is 9.39 Å². The van der Waals surface area contributed by atoms with Crippen LogP contribution in [-0.2, 0) is 0 Å². The van der Waals surface area contributed by atoms with E-state index in [0.29, 0.717) is 30.3 Å². The summed E-state index contributed by atoms with van der Waals surface area (Å²) in [6.45, 7) is 4.68. The Kier molecular flexibility index (Phi) is 7.46. The summed E-state index contributed by atoms with van der Waals surface area (Å²) >= 11 is 1.78. The van der Waals surface area contributed by atoms with Gasteiger partial charge >= 0.3 is 0 Å². The lowest BCUT2D eigenvalue weighted by Gasteiger charge is -2.33. The number of thiophene rings is 1. The molecule has 1 amide bonds. The highest BCUT2D eigenvalue weighted by Crippen LogP contribution is 2.24. The van der Waals surface area contributed by atoms with Crippen molar-refractivity contribution < 1.29 is 9.18 Å². The number of carbonyl (C=O) groups is 1. The number of anilines is 1. The van der Waals surface area contributed by atoms with Crippen LogP contribution in [0.3, 0.4) is 0 Å². The molecule has 1 aliphatic heterocycles. The normalized spacial score (nSPS) is 15.3. The first-order valence-electron chi connectivity index (χ1n) is 9.87. The van der Waals surface area contributed by atoms with Gasteiger partial charge in [0.2, 0.25) is 0 Å². The fourth-order valence-electron chi connectivity index (χ4n) is 3.28. The van der Waals surface area contributed by atoms with Gasteiger partial charge in [0, 0.05) is 44.8 Å². The van der Waals surface area contributed by atoms with Gasteiger partial charge in [0.15, 0.2) is 5.96 Å². The molecule has 1 fully saturated rings. The number of nitrogens with zero attached hydrogens (tertiary/aromatic N) is 2. The van der Waals surface area contributed by atoms with E-state index >= 15 is 0 Å². The van der Waals surface area contributed by atoms with Crippen molar-refractivity contribution >= 4 is 28.2 Å². The third-order valence-electron chi connectivity index (χ3n) is 5.01. The van der Waals surface area contributed by atoms with Crippen LogP contribution in [0.25, 0.3) is 0 Å². The minimum absolute atomic E-state index is 0.283. The third-order valence-corrected chi connectivity index (χ3v) is 5.94. The maximum Gasteiger partial charge on any atom is 0.251 e. The summed E-state index contributed by atoms with van der Waals surface area (Å²) in [4.78, 5) is 18.8. The lowest BCUT2D eigenvalue weighted by molar-refractivity contribution is 0.0954. The van der Waals surface area contributed by atoms with Crippen LogP contribution in [-0.4, -0.2) is 51.1 Å². The zero-order chi connectivity index (χ0) is 20.6. The summed E-state index contributed by atoms with van der Waals surface area (Å²) in [5, 5.41) is 12.9. The molecule has 3 N–H and O–H groups in total. The minimum Gasteiger partial charge on any atom is -0.363 e. The van der Waals surface area contributed by atoms with Gasteiger partial charge < -0.3 is 20.9 Å². The molecule has 1 aliphatic rings. The summed E-state index contributed by atoms with van der Waals surface area (Å²) in [6, 6.07) is 9.13. The minimum atomic E-state index is -0.370.